The van der Waals surface area contributed by atoms with E-state index in [-0.39, 0.29) is 0 Å². The lowest BCUT2D eigenvalue weighted by atomic mass is 9.80. The summed E-state index contributed by atoms with van der Waals surface area (Å²) in [6.45, 7) is 6.69. The van der Waals surface area contributed by atoms with Gasteiger partial charge in [0.05, 0.1) is 19.3 Å². The Balaban J connectivity index is 1.62. The monoisotopic (exact) mass is 291 g/mol. The number of ether oxygens (including phenoxy) is 2. The minimum absolute atomic E-state index is 0.451. The van der Waals surface area contributed by atoms with E-state index in [1.54, 1.807) is 0 Å². The Labute approximate surface area is 128 Å². The molecule has 1 saturated carbocycles. The molecule has 2 rings (SSSR count). The van der Waals surface area contributed by atoms with E-state index in [0.717, 1.165) is 36.2 Å². The number of rotatable bonds is 7. The average Bonchev–Trinajstić information content (AvgIpc) is 2.51. The van der Waals surface area contributed by atoms with Crippen LogP contribution in [0.2, 0.25) is 0 Å². The fourth-order valence-electron chi connectivity index (χ4n) is 2.95. The maximum Gasteiger partial charge on any atom is 0.123 e. The summed E-state index contributed by atoms with van der Waals surface area (Å²) in [5, 5.41) is 0. The molecule has 0 aromatic heterocycles. The highest BCUT2D eigenvalue weighted by Gasteiger charge is 2.24. The number of benzene rings is 1. The molecule has 3 atom stereocenters. The van der Waals surface area contributed by atoms with Crippen LogP contribution in [0.1, 0.15) is 45.1 Å². The second kappa shape index (κ2) is 8.40. The first-order valence-corrected chi connectivity index (χ1v) is 8.23. The normalized spacial score (nSPS) is 25.8. The smallest absolute Gasteiger partial charge is 0.123 e. The van der Waals surface area contributed by atoms with Crippen LogP contribution in [-0.2, 0) is 11.3 Å². The maximum absolute atomic E-state index is 5.99. The van der Waals surface area contributed by atoms with E-state index in [9.17, 15) is 0 Å². The maximum atomic E-state index is 5.99. The van der Waals surface area contributed by atoms with E-state index in [1.165, 1.54) is 19.3 Å². The molecule has 0 saturated heterocycles. The van der Waals surface area contributed by atoms with Gasteiger partial charge in [0.2, 0.25) is 0 Å². The zero-order chi connectivity index (χ0) is 15.1. The zero-order valence-electron chi connectivity index (χ0n) is 13.4. The predicted molar refractivity (Wildman–Crippen MR) is 86.4 cm³/mol. The van der Waals surface area contributed by atoms with Crippen molar-refractivity contribution in [2.75, 3.05) is 13.2 Å². The lowest BCUT2D eigenvalue weighted by Gasteiger charge is -2.31. The Morgan fingerprint density at radius 3 is 2.67 bits per heavy atom. The molecule has 2 N–H and O–H groups in total. The minimum Gasteiger partial charge on any atom is -0.493 e. The van der Waals surface area contributed by atoms with E-state index in [4.69, 9.17) is 15.2 Å². The molecule has 1 aliphatic carbocycles. The van der Waals surface area contributed by atoms with E-state index in [1.807, 2.05) is 24.3 Å². The van der Waals surface area contributed by atoms with Crippen LogP contribution in [0.5, 0.6) is 5.75 Å². The molecule has 0 bridgehead atoms. The van der Waals surface area contributed by atoms with Gasteiger partial charge in [-0.1, -0.05) is 32.0 Å². The van der Waals surface area contributed by atoms with Crippen LogP contribution < -0.4 is 10.5 Å². The van der Waals surface area contributed by atoms with Crippen molar-refractivity contribution in [3.8, 4) is 5.75 Å². The Hall–Kier alpha value is -1.06. The first-order valence-electron chi connectivity index (χ1n) is 8.23. The van der Waals surface area contributed by atoms with Crippen LogP contribution >= 0.6 is 0 Å². The summed E-state index contributed by atoms with van der Waals surface area (Å²) >= 11 is 0. The fourth-order valence-corrected chi connectivity index (χ4v) is 2.95. The second-order valence-electron chi connectivity index (χ2n) is 6.27. The molecule has 1 aromatic carbocycles. The molecule has 3 heteroatoms. The van der Waals surface area contributed by atoms with Crippen molar-refractivity contribution < 1.29 is 9.47 Å². The van der Waals surface area contributed by atoms with E-state index < -0.39 is 0 Å². The number of nitrogens with two attached hydrogens (primary N) is 1. The highest BCUT2D eigenvalue weighted by atomic mass is 16.5. The van der Waals surface area contributed by atoms with E-state index in [2.05, 4.69) is 13.8 Å². The molecule has 1 fully saturated rings. The van der Waals surface area contributed by atoms with Crippen LogP contribution in [0.4, 0.5) is 0 Å². The quantitative estimate of drug-likeness (QED) is 0.778. The van der Waals surface area contributed by atoms with Gasteiger partial charge in [-0.25, -0.2) is 0 Å². The Morgan fingerprint density at radius 2 is 1.90 bits per heavy atom. The van der Waals surface area contributed by atoms with Gasteiger partial charge in [0.15, 0.2) is 0 Å². The molecule has 1 aromatic rings. The van der Waals surface area contributed by atoms with E-state index in [0.29, 0.717) is 19.3 Å². The minimum atomic E-state index is 0.451. The van der Waals surface area contributed by atoms with Gasteiger partial charge in [0.1, 0.15) is 5.75 Å². The first kappa shape index (κ1) is 16.3. The molecular weight excluding hydrogens is 262 g/mol. The third-order valence-corrected chi connectivity index (χ3v) is 4.64. The van der Waals surface area contributed by atoms with Crippen LogP contribution in [0.3, 0.4) is 0 Å². The molecule has 3 nitrogen and oxygen atoms in total. The van der Waals surface area contributed by atoms with Crippen molar-refractivity contribution in [3.05, 3.63) is 29.8 Å². The molecule has 0 aliphatic heterocycles. The van der Waals surface area contributed by atoms with Crippen molar-refractivity contribution in [1.82, 2.24) is 0 Å². The van der Waals surface area contributed by atoms with Gasteiger partial charge in [-0.3, -0.25) is 0 Å². The van der Waals surface area contributed by atoms with Gasteiger partial charge in [-0.15, -0.1) is 0 Å². The van der Waals surface area contributed by atoms with Crippen molar-refractivity contribution in [2.45, 2.75) is 52.2 Å². The lowest BCUT2D eigenvalue weighted by Crippen LogP contribution is -2.27. The summed E-state index contributed by atoms with van der Waals surface area (Å²) in [5.41, 5.74) is 6.76. The first-order chi connectivity index (χ1) is 10.2. The molecule has 0 heterocycles. The van der Waals surface area contributed by atoms with Crippen LogP contribution in [0, 0.1) is 11.8 Å². The summed E-state index contributed by atoms with van der Waals surface area (Å²) in [6.07, 6.45) is 5.10. The van der Waals surface area contributed by atoms with Gasteiger partial charge in [-0.2, -0.15) is 0 Å². The van der Waals surface area contributed by atoms with Gasteiger partial charge < -0.3 is 15.2 Å². The van der Waals surface area contributed by atoms with Crippen LogP contribution in [0.25, 0.3) is 0 Å². The number of para-hydroxylation sites is 1. The van der Waals surface area contributed by atoms with Gasteiger partial charge >= 0.3 is 0 Å². The summed E-state index contributed by atoms with van der Waals surface area (Å²) in [6, 6.07) is 7.96. The average molecular weight is 291 g/mol. The third-order valence-electron chi connectivity index (χ3n) is 4.64. The predicted octanol–water partition coefficient (Wildman–Crippen LogP) is 3.76. The van der Waals surface area contributed by atoms with Crippen molar-refractivity contribution in [2.24, 2.45) is 17.6 Å². The zero-order valence-corrected chi connectivity index (χ0v) is 13.4. The van der Waals surface area contributed by atoms with Crippen LogP contribution in [0.15, 0.2) is 24.3 Å². The molecule has 0 radical (unpaired) electrons. The highest BCUT2D eigenvalue weighted by Crippen LogP contribution is 2.30. The van der Waals surface area contributed by atoms with Gasteiger partial charge in [0, 0.05) is 18.5 Å². The highest BCUT2D eigenvalue weighted by molar-refractivity contribution is 5.32. The molecule has 0 spiro atoms. The molecule has 1 aliphatic rings. The van der Waals surface area contributed by atoms with Crippen molar-refractivity contribution in [3.63, 3.8) is 0 Å². The molecule has 3 unspecified atom stereocenters. The lowest BCUT2D eigenvalue weighted by molar-refractivity contribution is -0.00163. The molecular formula is C18H29NO2. The van der Waals surface area contributed by atoms with Gasteiger partial charge in [-0.05, 0) is 37.2 Å². The third kappa shape index (κ3) is 5.01. The number of hydrogen-bond acceptors (Lipinski definition) is 3. The summed E-state index contributed by atoms with van der Waals surface area (Å²) in [4.78, 5) is 0. The molecule has 118 valence electrons. The van der Waals surface area contributed by atoms with Crippen molar-refractivity contribution >= 4 is 0 Å². The topological polar surface area (TPSA) is 44.5 Å². The summed E-state index contributed by atoms with van der Waals surface area (Å²) in [5.74, 6) is 2.54. The Kier molecular flexibility index (Phi) is 6.52. The Bertz CT molecular complexity index is 421. The van der Waals surface area contributed by atoms with Crippen molar-refractivity contribution in [1.29, 1.82) is 0 Å². The molecule has 0 amide bonds. The van der Waals surface area contributed by atoms with Gasteiger partial charge in [0.25, 0.3) is 0 Å². The standard InChI is InChI=1S/C18H29NO2/c1-14-8-9-17(12-15(14)2)20-10-5-11-21-18-7-4-3-6-16(18)13-19/h3-4,6-7,14-15,17H,5,8-13,19H2,1-2H3. The summed E-state index contributed by atoms with van der Waals surface area (Å²) in [7, 11) is 0. The fraction of sp³-hybridized carbons (Fsp3) is 0.667. The number of hydrogen-bond donors (Lipinski definition) is 1. The molecule has 21 heavy (non-hydrogen) atoms. The largest absolute Gasteiger partial charge is 0.493 e. The Morgan fingerprint density at radius 1 is 1.10 bits per heavy atom. The van der Waals surface area contributed by atoms with E-state index >= 15 is 0 Å². The SMILES string of the molecule is CC1CCC(OCCCOc2ccccc2CN)CC1C. The van der Waals surface area contributed by atoms with Crippen LogP contribution in [-0.4, -0.2) is 19.3 Å². The summed E-state index contributed by atoms with van der Waals surface area (Å²) < 4.78 is 11.8. The second-order valence-corrected chi connectivity index (χ2v) is 6.27.